The van der Waals surface area contributed by atoms with Gasteiger partial charge >= 0.3 is 5.97 Å². The van der Waals surface area contributed by atoms with Crippen molar-refractivity contribution in [3.8, 4) is 11.8 Å². The van der Waals surface area contributed by atoms with E-state index in [-0.39, 0.29) is 0 Å². The number of nitrogens with zero attached hydrogens (tertiary/aromatic N) is 1. The van der Waals surface area contributed by atoms with E-state index in [4.69, 9.17) is 4.74 Å². The molecular weight excluding hydrogens is 338 g/mol. The molecule has 1 N–H and O–H groups in total. The van der Waals surface area contributed by atoms with E-state index < -0.39 is 11.9 Å². The highest BCUT2D eigenvalue weighted by molar-refractivity contribution is 5.78. The molecule has 3 aromatic rings. The van der Waals surface area contributed by atoms with E-state index in [1.165, 1.54) is 0 Å². The molecule has 1 atom stereocenters. The Balaban J connectivity index is 1.92. The Labute approximate surface area is 158 Å². The highest BCUT2D eigenvalue weighted by atomic mass is 16.5. The molecule has 0 aromatic heterocycles. The van der Waals surface area contributed by atoms with E-state index in [0.29, 0.717) is 29.9 Å². The quantitative estimate of drug-likeness (QED) is 0.673. The Morgan fingerprint density at radius 1 is 0.963 bits per heavy atom. The Morgan fingerprint density at radius 2 is 1.59 bits per heavy atom. The third-order valence-electron chi connectivity index (χ3n) is 4.33. The summed E-state index contributed by atoms with van der Waals surface area (Å²) in [5, 5.41) is 19.1. The van der Waals surface area contributed by atoms with Crippen LogP contribution in [0.15, 0.2) is 78.9 Å². The van der Waals surface area contributed by atoms with Crippen LogP contribution in [-0.4, -0.2) is 11.1 Å². The molecular formula is C23H19NO3. The molecule has 3 rings (SSSR count). The molecule has 3 aromatic carbocycles. The molecule has 0 bridgehead atoms. The van der Waals surface area contributed by atoms with E-state index in [0.717, 1.165) is 11.1 Å². The Bertz CT molecular complexity index is 946. The molecule has 0 heterocycles. The molecule has 0 aliphatic rings. The molecule has 0 fully saturated rings. The maximum atomic E-state index is 12.0. The SMILES string of the molecule is N#Cc1ccc(OCc2ccccc2)c(C(Cc2ccccc2)C(=O)O)c1. The molecule has 0 saturated carbocycles. The zero-order valence-corrected chi connectivity index (χ0v) is 14.7. The lowest BCUT2D eigenvalue weighted by Gasteiger charge is -2.18. The van der Waals surface area contributed by atoms with Gasteiger partial charge in [0.05, 0.1) is 17.6 Å². The van der Waals surface area contributed by atoms with E-state index in [9.17, 15) is 15.2 Å². The lowest BCUT2D eigenvalue weighted by molar-refractivity contribution is -0.138. The summed E-state index contributed by atoms with van der Waals surface area (Å²) in [4.78, 5) is 12.0. The Hall–Kier alpha value is -3.58. The van der Waals surface area contributed by atoms with Gasteiger partial charge in [-0.3, -0.25) is 4.79 Å². The lowest BCUT2D eigenvalue weighted by atomic mass is 9.90. The van der Waals surface area contributed by atoms with Crippen molar-refractivity contribution in [2.45, 2.75) is 18.9 Å². The van der Waals surface area contributed by atoms with Crippen LogP contribution in [0.4, 0.5) is 0 Å². The van der Waals surface area contributed by atoms with Crippen LogP contribution in [0, 0.1) is 11.3 Å². The van der Waals surface area contributed by atoms with Crippen LogP contribution in [0.3, 0.4) is 0 Å². The lowest BCUT2D eigenvalue weighted by Crippen LogP contribution is -2.16. The van der Waals surface area contributed by atoms with E-state index in [1.54, 1.807) is 18.2 Å². The zero-order chi connectivity index (χ0) is 19.1. The number of benzene rings is 3. The van der Waals surface area contributed by atoms with E-state index in [2.05, 4.69) is 6.07 Å². The molecule has 0 amide bonds. The summed E-state index contributed by atoms with van der Waals surface area (Å²) in [7, 11) is 0. The minimum absolute atomic E-state index is 0.326. The number of carboxylic acid groups (broad SMARTS) is 1. The fourth-order valence-electron chi connectivity index (χ4n) is 2.94. The fraction of sp³-hybridized carbons (Fsp3) is 0.130. The van der Waals surface area contributed by atoms with Gasteiger partial charge in [-0.2, -0.15) is 5.26 Å². The number of hydrogen-bond acceptors (Lipinski definition) is 3. The van der Waals surface area contributed by atoms with Crippen molar-refractivity contribution in [2.75, 3.05) is 0 Å². The van der Waals surface area contributed by atoms with Crippen molar-refractivity contribution >= 4 is 5.97 Å². The van der Waals surface area contributed by atoms with Crippen molar-refractivity contribution in [3.05, 3.63) is 101 Å². The van der Waals surface area contributed by atoms with E-state index >= 15 is 0 Å². The van der Waals surface area contributed by atoms with Crippen LogP contribution < -0.4 is 4.74 Å². The summed E-state index contributed by atoms with van der Waals surface area (Å²) < 4.78 is 5.92. The van der Waals surface area contributed by atoms with Crippen molar-refractivity contribution in [3.63, 3.8) is 0 Å². The molecule has 0 aliphatic carbocycles. The number of nitriles is 1. The van der Waals surface area contributed by atoms with Gasteiger partial charge in [0.25, 0.3) is 0 Å². The molecule has 4 nitrogen and oxygen atoms in total. The number of aliphatic carboxylic acids is 1. The highest BCUT2D eigenvalue weighted by Gasteiger charge is 2.24. The van der Waals surface area contributed by atoms with Crippen LogP contribution in [-0.2, 0) is 17.8 Å². The predicted octanol–water partition coefficient (Wildman–Crippen LogP) is 4.55. The number of carboxylic acids is 1. The van der Waals surface area contributed by atoms with Crippen molar-refractivity contribution < 1.29 is 14.6 Å². The summed E-state index contributed by atoms with van der Waals surface area (Å²) in [5.74, 6) is -1.26. The summed E-state index contributed by atoms with van der Waals surface area (Å²) in [6.45, 7) is 0.331. The van der Waals surface area contributed by atoms with Gasteiger partial charge < -0.3 is 9.84 Å². The normalized spacial score (nSPS) is 11.4. The maximum absolute atomic E-state index is 12.0. The first-order valence-corrected chi connectivity index (χ1v) is 8.65. The van der Waals surface area contributed by atoms with Gasteiger partial charge in [0.1, 0.15) is 12.4 Å². The minimum Gasteiger partial charge on any atom is -0.489 e. The molecule has 4 heteroatoms. The third-order valence-corrected chi connectivity index (χ3v) is 4.33. The first-order chi connectivity index (χ1) is 13.2. The van der Waals surface area contributed by atoms with Crippen LogP contribution in [0.2, 0.25) is 0 Å². The monoisotopic (exact) mass is 357 g/mol. The van der Waals surface area contributed by atoms with Gasteiger partial charge in [0.15, 0.2) is 0 Å². The van der Waals surface area contributed by atoms with E-state index in [1.807, 2.05) is 60.7 Å². The van der Waals surface area contributed by atoms with Crippen LogP contribution in [0.5, 0.6) is 5.75 Å². The summed E-state index contributed by atoms with van der Waals surface area (Å²) in [6.07, 6.45) is 0.326. The first-order valence-electron chi connectivity index (χ1n) is 8.65. The van der Waals surface area contributed by atoms with Gasteiger partial charge in [-0.25, -0.2) is 0 Å². The average molecular weight is 357 g/mol. The van der Waals surface area contributed by atoms with Crippen molar-refractivity contribution in [2.24, 2.45) is 0 Å². The molecule has 1 unspecified atom stereocenters. The second kappa shape index (κ2) is 8.68. The fourth-order valence-corrected chi connectivity index (χ4v) is 2.94. The molecule has 0 aliphatic heterocycles. The molecule has 0 radical (unpaired) electrons. The smallest absolute Gasteiger partial charge is 0.311 e. The number of carbonyl (C=O) groups is 1. The van der Waals surface area contributed by atoms with Gasteiger partial charge in [-0.05, 0) is 35.7 Å². The molecule has 0 spiro atoms. The largest absolute Gasteiger partial charge is 0.489 e. The second-order valence-electron chi connectivity index (χ2n) is 6.22. The predicted molar refractivity (Wildman–Crippen MR) is 102 cm³/mol. The van der Waals surface area contributed by atoms with Crippen LogP contribution >= 0.6 is 0 Å². The topological polar surface area (TPSA) is 70.3 Å². The maximum Gasteiger partial charge on any atom is 0.311 e. The molecule has 27 heavy (non-hydrogen) atoms. The van der Waals surface area contributed by atoms with Gasteiger partial charge in [-0.15, -0.1) is 0 Å². The van der Waals surface area contributed by atoms with Crippen LogP contribution in [0.1, 0.15) is 28.2 Å². The summed E-state index contributed by atoms with van der Waals surface area (Å²) in [6, 6.07) is 26.1. The van der Waals surface area contributed by atoms with Gasteiger partial charge in [0, 0.05) is 5.56 Å². The first kappa shape index (κ1) is 18.2. The van der Waals surface area contributed by atoms with Gasteiger partial charge in [-0.1, -0.05) is 60.7 Å². The number of rotatable bonds is 7. The minimum atomic E-state index is -0.946. The number of ether oxygens (including phenoxy) is 1. The zero-order valence-electron chi connectivity index (χ0n) is 14.7. The Kier molecular flexibility index (Phi) is 5.86. The summed E-state index contributed by atoms with van der Waals surface area (Å²) >= 11 is 0. The van der Waals surface area contributed by atoms with Gasteiger partial charge in [0.2, 0.25) is 0 Å². The standard InChI is InChI=1S/C23H19NO3/c24-15-19-11-12-22(27-16-18-9-5-2-6-10-18)20(14-19)21(23(25)26)13-17-7-3-1-4-8-17/h1-12,14,21H,13,16H2,(H,25,26). The van der Waals surface area contributed by atoms with Crippen LogP contribution in [0.25, 0.3) is 0 Å². The Morgan fingerprint density at radius 3 is 2.19 bits per heavy atom. The average Bonchev–Trinajstić information content (AvgIpc) is 2.72. The number of hydrogen-bond donors (Lipinski definition) is 1. The molecule has 134 valence electrons. The highest BCUT2D eigenvalue weighted by Crippen LogP contribution is 2.31. The summed E-state index contributed by atoms with van der Waals surface area (Å²) in [5.41, 5.74) is 2.83. The molecule has 0 saturated heterocycles. The second-order valence-corrected chi connectivity index (χ2v) is 6.22. The third kappa shape index (κ3) is 4.74. The van der Waals surface area contributed by atoms with Crippen molar-refractivity contribution in [1.82, 2.24) is 0 Å². The van der Waals surface area contributed by atoms with Crippen molar-refractivity contribution in [1.29, 1.82) is 5.26 Å².